The largest absolute Gasteiger partial charge is 0.390 e. The van der Waals surface area contributed by atoms with Crippen LogP contribution in [-0.4, -0.2) is 42.2 Å². The highest BCUT2D eigenvalue weighted by molar-refractivity contribution is 7.91. The van der Waals surface area contributed by atoms with Crippen LogP contribution in [0.4, 0.5) is 0 Å². The van der Waals surface area contributed by atoms with E-state index in [0.29, 0.717) is 12.2 Å². The zero-order valence-corrected chi connectivity index (χ0v) is 9.97. The van der Waals surface area contributed by atoms with Crippen LogP contribution in [0, 0.1) is 0 Å². The van der Waals surface area contributed by atoms with Crippen molar-refractivity contribution in [3.8, 4) is 0 Å². The highest BCUT2D eigenvalue weighted by atomic mass is 32.2. The lowest BCUT2D eigenvalue weighted by molar-refractivity contribution is 0.165. The second-order valence-corrected chi connectivity index (χ2v) is 6.80. The average molecular weight is 264 g/mol. The summed E-state index contributed by atoms with van der Waals surface area (Å²) in [6, 6.07) is -0.451. The van der Waals surface area contributed by atoms with Crippen molar-refractivity contribution in [1.29, 1.82) is 0 Å². The normalized spacial score (nSPS) is 28.3. The van der Waals surface area contributed by atoms with E-state index in [0.717, 1.165) is 11.3 Å². The second kappa shape index (κ2) is 4.28. The molecule has 2 unspecified atom stereocenters. The topological polar surface area (TPSA) is 99.3 Å². The fraction of sp³-hybridized carbons (Fsp3) is 0.625. The van der Waals surface area contributed by atoms with Gasteiger partial charge in [0.05, 0.1) is 17.6 Å². The average Bonchev–Trinajstić information content (AvgIpc) is 2.67. The van der Waals surface area contributed by atoms with Gasteiger partial charge in [0.15, 0.2) is 9.84 Å². The summed E-state index contributed by atoms with van der Waals surface area (Å²) in [7, 11) is -3.13. The van der Waals surface area contributed by atoms with E-state index in [1.807, 2.05) is 0 Å². The molecule has 6 nitrogen and oxygen atoms in total. The maximum Gasteiger partial charge on any atom is 0.304 e. The van der Waals surface area contributed by atoms with Crippen LogP contribution < -0.4 is 10.2 Å². The molecule has 2 rings (SSSR count). The first-order valence-corrected chi connectivity index (χ1v) is 7.45. The van der Waals surface area contributed by atoms with Crippen molar-refractivity contribution in [3.63, 3.8) is 0 Å². The molecule has 0 aliphatic carbocycles. The fourth-order valence-electron chi connectivity index (χ4n) is 1.67. The summed E-state index contributed by atoms with van der Waals surface area (Å²) in [6.45, 7) is 0.357. The maximum absolute atomic E-state index is 11.2. The zero-order valence-electron chi connectivity index (χ0n) is 8.34. The van der Waals surface area contributed by atoms with Crippen molar-refractivity contribution in [2.45, 2.75) is 18.7 Å². The number of aliphatic hydroxyl groups is 1. The first-order chi connectivity index (χ1) is 7.46. The highest BCUT2D eigenvalue weighted by Crippen LogP contribution is 2.12. The summed E-state index contributed by atoms with van der Waals surface area (Å²) >= 11 is 1.06. The quantitative estimate of drug-likeness (QED) is 0.629. The van der Waals surface area contributed by atoms with Crippen LogP contribution in [0.1, 0.15) is 5.69 Å². The van der Waals surface area contributed by atoms with Crippen LogP contribution in [0.5, 0.6) is 0 Å². The molecule has 8 heteroatoms. The van der Waals surface area contributed by atoms with Gasteiger partial charge in [-0.2, -0.15) is 0 Å². The minimum atomic E-state index is -3.13. The van der Waals surface area contributed by atoms with Gasteiger partial charge in [-0.15, -0.1) is 0 Å². The molecule has 2 atom stereocenters. The summed E-state index contributed by atoms with van der Waals surface area (Å²) in [5.41, 5.74) is 0.700. The van der Waals surface area contributed by atoms with Crippen LogP contribution in [-0.2, 0) is 16.4 Å². The highest BCUT2D eigenvalue weighted by Gasteiger charge is 2.35. The van der Waals surface area contributed by atoms with Crippen LogP contribution in [0.25, 0.3) is 0 Å². The van der Waals surface area contributed by atoms with E-state index < -0.39 is 22.0 Å². The predicted octanol–water partition coefficient (Wildman–Crippen LogP) is -1.32. The number of hydrogen-bond acceptors (Lipinski definition) is 6. The summed E-state index contributed by atoms with van der Waals surface area (Å²) in [6.07, 6.45) is -0.865. The Balaban J connectivity index is 1.94. The first-order valence-electron chi connectivity index (χ1n) is 4.75. The Labute approximate surface area is 96.2 Å². The minimum absolute atomic E-state index is 0.0530. The van der Waals surface area contributed by atoms with Gasteiger partial charge in [0.25, 0.3) is 0 Å². The van der Waals surface area contributed by atoms with Gasteiger partial charge in [0, 0.05) is 23.7 Å². The lowest BCUT2D eigenvalue weighted by Crippen LogP contribution is -2.38. The van der Waals surface area contributed by atoms with Crippen molar-refractivity contribution in [2.75, 3.05) is 11.5 Å². The molecule has 1 aromatic rings. The van der Waals surface area contributed by atoms with Gasteiger partial charge in [-0.05, 0) is 0 Å². The number of aromatic nitrogens is 1. The van der Waals surface area contributed by atoms with Crippen molar-refractivity contribution in [1.82, 2.24) is 10.3 Å². The molecule has 0 radical (unpaired) electrons. The second-order valence-electron chi connectivity index (χ2n) is 3.81. The molecule has 1 aliphatic rings. The monoisotopic (exact) mass is 264 g/mol. The SMILES string of the molecule is O=c1[nH]c(CNC2CS(=O)(=O)CC2O)cs1. The van der Waals surface area contributed by atoms with Crippen LogP contribution in [0.3, 0.4) is 0 Å². The fourth-order valence-corrected chi connectivity index (χ4v) is 4.02. The number of sulfone groups is 1. The third-order valence-corrected chi connectivity index (χ3v) is 4.88. The molecule has 1 saturated heterocycles. The molecular weight excluding hydrogens is 252 g/mol. The van der Waals surface area contributed by atoms with E-state index in [9.17, 15) is 18.3 Å². The summed E-state index contributed by atoms with van der Waals surface area (Å²) < 4.78 is 22.4. The smallest absolute Gasteiger partial charge is 0.304 e. The van der Waals surface area contributed by atoms with Gasteiger partial charge >= 0.3 is 4.87 Å². The van der Waals surface area contributed by atoms with Crippen molar-refractivity contribution in [3.05, 3.63) is 20.7 Å². The van der Waals surface area contributed by atoms with Crippen LogP contribution in [0.2, 0.25) is 0 Å². The molecule has 0 aromatic carbocycles. The van der Waals surface area contributed by atoms with E-state index >= 15 is 0 Å². The van der Waals surface area contributed by atoms with Gasteiger partial charge in [0.2, 0.25) is 0 Å². The maximum atomic E-state index is 11.2. The van der Waals surface area contributed by atoms with Gasteiger partial charge < -0.3 is 15.4 Å². The Morgan fingerprint density at radius 3 is 2.81 bits per heavy atom. The van der Waals surface area contributed by atoms with Crippen LogP contribution >= 0.6 is 11.3 Å². The van der Waals surface area contributed by atoms with Gasteiger partial charge in [0.1, 0.15) is 0 Å². The Hall–Kier alpha value is -0.700. The first kappa shape index (κ1) is 11.8. The lowest BCUT2D eigenvalue weighted by atomic mass is 10.2. The zero-order chi connectivity index (χ0) is 11.8. The predicted molar refractivity (Wildman–Crippen MR) is 60.2 cm³/mol. The Morgan fingerprint density at radius 1 is 1.56 bits per heavy atom. The summed E-state index contributed by atoms with van der Waals surface area (Å²) in [5.74, 6) is -0.243. The van der Waals surface area contributed by atoms with Gasteiger partial charge in [-0.3, -0.25) is 4.79 Å². The van der Waals surface area contributed by atoms with E-state index in [1.54, 1.807) is 5.38 Å². The number of H-pyrrole nitrogens is 1. The van der Waals surface area contributed by atoms with E-state index in [-0.39, 0.29) is 16.4 Å². The number of rotatable bonds is 3. The van der Waals surface area contributed by atoms with Gasteiger partial charge in [-0.1, -0.05) is 11.3 Å². The molecule has 1 aliphatic heterocycles. The molecule has 16 heavy (non-hydrogen) atoms. The molecule has 90 valence electrons. The van der Waals surface area contributed by atoms with Crippen molar-refractivity contribution >= 4 is 21.2 Å². The molecule has 2 heterocycles. The molecule has 0 amide bonds. The number of hydrogen-bond donors (Lipinski definition) is 3. The Morgan fingerprint density at radius 2 is 2.31 bits per heavy atom. The molecule has 3 N–H and O–H groups in total. The minimum Gasteiger partial charge on any atom is -0.390 e. The number of aromatic amines is 1. The standard InChI is InChI=1S/C8H12N2O4S2/c11-7-4-16(13,14)3-6(7)9-1-5-2-15-8(12)10-5/h2,6-7,9,11H,1,3-4H2,(H,10,12). The third kappa shape index (κ3) is 2.70. The molecule has 0 saturated carbocycles. The summed E-state index contributed by atoms with van der Waals surface area (Å²) in [5, 5.41) is 14.1. The third-order valence-electron chi connectivity index (χ3n) is 2.45. The van der Waals surface area contributed by atoms with Gasteiger partial charge in [-0.25, -0.2) is 8.42 Å². The number of thiazole rings is 1. The molecule has 1 fully saturated rings. The Kier molecular flexibility index (Phi) is 3.15. The number of nitrogens with one attached hydrogen (secondary N) is 2. The lowest BCUT2D eigenvalue weighted by Gasteiger charge is -2.13. The number of aliphatic hydroxyl groups excluding tert-OH is 1. The molecule has 0 bridgehead atoms. The van der Waals surface area contributed by atoms with E-state index in [4.69, 9.17) is 0 Å². The Bertz CT molecular complexity index is 518. The van der Waals surface area contributed by atoms with Crippen LogP contribution in [0.15, 0.2) is 10.2 Å². The molecule has 0 spiro atoms. The van der Waals surface area contributed by atoms with E-state index in [1.165, 1.54) is 0 Å². The molecule has 1 aromatic heterocycles. The van der Waals surface area contributed by atoms with E-state index in [2.05, 4.69) is 10.3 Å². The molecular formula is C8H12N2O4S2. The summed E-state index contributed by atoms with van der Waals surface area (Å²) in [4.78, 5) is 13.3. The van der Waals surface area contributed by atoms with Crippen molar-refractivity contribution in [2.24, 2.45) is 0 Å². The van der Waals surface area contributed by atoms with Crippen molar-refractivity contribution < 1.29 is 13.5 Å².